The maximum Gasteiger partial charge on any atom is 0.267 e. The first kappa shape index (κ1) is 16.8. The molecule has 2 aliphatic rings. The van der Waals surface area contributed by atoms with Gasteiger partial charge >= 0.3 is 0 Å². The minimum absolute atomic E-state index is 0.0860. The molecule has 1 atom stereocenters. The normalized spacial score (nSPS) is 21.9. The lowest BCUT2D eigenvalue weighted by Crippen LogP contribution is -2.46. The van der Waals surface area contributed by atoms with Crippen LogP contribution in [0.1, 0.15) is 19.8 Å². The summed E-state index contributed by atoms with van der Waals surface area (Å²) in [6.45, 7) is 5.64. The Labute approximate surface area is 143 Å². The van der Waals surface area contributed by atoms with Crippen molar-refractivity contribution in [2.24, 2.45) is 0 Å². The van der Waals surface area contributed by atoms with Crippen LogP contribution >= 0.6 is 0 Å². The Balaban J connectivity index is 1.65. The smallest absolute Gasteiger partial charge is 0.267 e. The number of amides is 2. The zero-order valence-electron chi connectivity index (χ0n) is 14.4. The molecule has 0 bridgehead atoms. The van der Waals surface area contributed by atoms with Gasteiger partial charge in [-0.3, -0.25) is 9.59 Å². The number of likely N-dealkylation sites (N-methyl/N-ethyl adjacent to an activating group) is 1. The third-order valence-corrected chi connectivity index (χ3v) is 4.70. The zero-order valence-corrected chi connectivity index (χ0v) is 14.4. The van der Waals surface area contributed by atoms with Gasteiger partial charge in [0.05, 0.1) is 5.69 Å². The predicted molar refractivity (Wildman–Crippen MR) is 92.2 cm³/mol. The number of anilines is 1. The van der Waals surface area contributed by atoms with Crippen molar-refractivity contribution in [3.05, 3.63) is 24.3 Å². The lowest BCUT2D eigenvalue weighted by Gasteiger charge is -2.33. The molecule has 0 aromatic heterocycles. The minimum atomic E-state index is -0.512. The van der Waals surface area contributed by atoms with Crippen molar-refractivity contribution < 1.29 is 14.3 Å². The summed E-state index contributed by atoms with van der Waals surface area (Å²) in [4.78, 5) is 30.8. The van der Waals surface area contributed by atoms with Gasteiger partial charge < -0.3 is 19.4 Å². The number of benzene rings is 1. The summed E-state index contributed by atoms with van der Waals surface area (Å²) in [5, 5.41) is 0. The molecule has 2 amide bonds. The quantitative estimate of drug-likeness (QED) is 0.839. The molecule has 6 heteroatoms. The van der Waals surface area contributed by atoms with Crippen molar-refractivity contribution in [2.75, 3.05) is 44.7 Å². The average Bonchev–Trinajstić information content (AvgIpc) is 2.80. The summed E-state index contributed by atoms with van der Waals surface area (Å²) < 4.78 is 5.63. The van der Waals surface area contributed by atoms with Crippen LogP contribution in [0.15, 0.2) is 24.3 Å². The van der Waals surface area contributed by atoms with E-state index in [1.165, 1.54) is 0 Å². The number of fused-ring (bicyclic) bond motifs is 1. The fourth-order valence-corrected chi connectivity index (χ4v) is 3.25. The van der Waals surface area contributed by atoms with Crippen molar-refractivity contribution in [1.29, 1.82) is 0 Å². The maximum atomic E-state index is 12.5. The molecule has 24 heavy (non-hydrogen) atoms. The van der Waals surface area contributed by atoms with Crippen molar-refractivity contribution in [2.45, 2.75) is 25.9 Å². The standard InChI is InChI=1S/C18H25N3O3/c1-14-18(23)21(15-6-3-4-7-16(15)24-14)11-8-17(22)20-10-5-9-19(2)12-13-20/h3-4,6-7,14H,5,8-13H2,1-2H3. The van der Waals surface area contributed by atoms with E-state index in [2.05, 4.69) is 11.9 Å². The monoisotopic (exact) mass is 331 g/mol. The van der Waals surface area contributed by atoms with Crippen LogP contribution in [0.4, 0.5) is 5.69 Å². The third kappa shape index (κ3) is 3.53. The van der Waals surface area contributed by atoms with Gasteiger partial charge in [-0.25, -0.2) is 0 Å². The van der Waals surface area contributed by atoms with Gasteiger partial charge in [-0.1, -0.05) is 12.1 Å². The molecule has 0 aliphatic carbocycles. The van der Waals surface area contributed by atoms with Crippen molar-refractivity contribution in [3.8, 4) is 5.75 Å². The molecule has 0 radical (unpaired) electrons. The van der Waals surface area contributed by atoms with Crippen molar-refractivity contribution in [3.63, 3.8) is 0 Å². The number of rotatable bonds is 3. The van der Waals surface area contributed by atoms with E-state index in [9.17, 15) is 9.59 Å². The molecule has 1 saturated heterocycles. The molecule has 0 spiro atoms. The summed E-state index contributed by atoms with van der Waals surface area (Å²) in [7, 11) is 2.08. The average molecular weight is 331 g/mol. The van der Waals surface area contributed by atoms with Crippen LogP contribution in [0.5, 0.6) is 5.75 Å². The van der Waals surface area contributed by atoms with Gasteiger partial charge in [-0.05, 0) is 39.1 Å². The summed E-state index contributed by atoms with van der Waals surface area (Å²) in [5.41, 5.74) is 0.754. The number of para-hydroxylation sites is 2. The Morgan fingerprint density at radius 3 is 2.83 bits per heavy atom. The van der Waals surface area contributed by atoms with E-state index in [1.54, 1.807) is 11.8 Å². The zero-order chi connectivity index (χ0) is 17.1. The van der Waals surface area contributed by atoms with Crippen LogP contribution in [-0.2, 0) is 9.59 Å². The highest BCUT2D eigenvalue weighted by molar-refractivity contribution is 6.00. The molecule has 3 rings (SSSR count). The van der Waals surface area contributed by atoms with Crippen LogP contribution in [0.3, 0.4) is 0 Å². The summed E-state index contributed by atoms with van der Waals surface area (Å²) in [6, 6.07) is 7.49. The van der Waals surface area contributed by atoms with E-state index >= 15 is 0 Å². The van der Waals surface area contributed by atoms with Gasteiger partial charge in [0.25, 0.3) is 5.91 Å². The van der Waals surface area contributed by atoms with E-state index in [4.69, 9.17) is 4.74 Å². The fourth-order valence-electron chi connectivity index (χ4n) is 3.25. The highest BCUT2D eigenvalue weighted by atomic mass is 16.5. The summed E-state index contributed by atoms with van der Waals surface area (Å²) in [5.74, 6) is 0.736. The summed E-state index contributed by atoms with van der Waals surface area (Å²) >= 11 is 0. The van der Waals surface area contributed by atoms with E-state index in [0.717, 1.165) is 38.3 Å². The van der Waals surface area contributed by atoms with Gasteiger partial charge in [-0.15, -0.1) is 0 Å². The molecule has 2 aliphatic heterocycles. The lowest BCUT2D eigenvalue weighted by molar-refractivity contribution is -0.131. The second-order valence-electron chi connectivity index (χ2n) is 6.51. The van der Waals surface area contributed by atoms with Gasteiger partial charge in [0, 0.05) is 32.6 Å². The second kappa shape index (κ2) is 7.21. The molecular formula is C18H25N3O3. The molecule has 1 unspecified atom stereocenters. The number of carbonyl (C=O) groups excluding carboxylic acids is 2. The number of hydrogen-bond acceptors (Lipinski definition) is 4. The first-order chi connectivity index (χ1) is 11.6. The Hall–Kier alpha value is -2.08. The molecule has 0 saturated carbocycles. The predicted octanol–water partition coefficient (Wildman–Crippen LogP) is 1.35. The third-order valence-electron chi connectivity index (χ3n) is 4.70. The molecular weight excluding hydrogens is 306 g/mol. The van der Waals surface area contributed by atoms with Gasteiger partial charge in [-0.2, -0.15) is 0 Å². The Morgan fingerprint density at radius 1 is 1.21 bits per heavy atom. The van der Waals surface area contributed by atoms with Crippen LogP contribution in [0, 0.1) is 0 Å². The number of carbonyl (C=O) groups is 2. The molecule has 0 N–H and O–H groups in total. The number of ether oxygens (including phenoxy) is 1. The van der Waals surface area contributed by atoms with Crippen LogP contribution < -0.4 is 9.64 Å². The van der Waals surface area contributed by atoms with Crippen molar-refractivity contribution in [1.82, 2.24) is 9.80 Å². The molecule has 6 nitrogen and oxygen atoms in total. The second-order valence-corrected chi connectivity index (χ2v) is 6.51. The van der Waals surface area contributed by atoms with Crippen LogP contribution in [-0.4, -0.2) is 67.5 Å². The largest absolute Gasteiger partial charge is 0.479 e. The van der Waals surface area contributed by atoms with E-state index < -0.39 is 6.10 Å². The van der Waals surface area contributed by atoms with Gasteiger partial charge in [0.15, 0.2) is 6.10 Å². The Kier molecular flexibility index (Phi) is 5.04. The number of nitrogens with zero attached hydrogens (tertiary/aromatic N) is 3. The van der Waals surface area contributed by atoms with Gasteiger partial charge in [0.1, 0.15) is 5.75 Å². The lowest BCUT2D eigenvalue weighted by atomic mass is 10.1. The topological polar surface area (TPSA) is 53.1 Å². The Bertz CT molecular complexity index is 619. The molecule has 1 fully saturated rings. The molecule has 1 aromatic carbocycles. The highest BCUT2D eigenvalue weighted by Gasteiger charge is 2.31. The fraction of sp³-hybridized carbons (Fsp3) is 0.556. The van der Waals surface area contributed by atoms with Crippen molar-refractivity contribution >= 4 is 17.5 Å². The first-order valence-electron chi connectivity index (χ1n) is 8.59. The SMILES string of the molecule is CC1Oc2ccccc2N(CCC(=O)N2CCCN(C)CC2)C1=O. The van der Waals surface area contributed by atoms with Crippen LogP contribution in [0.25, 0.3) is 0 Å². The summed E-state index contributed by atoms with van der Waals surface area (Å²) in [6.07, 6.45) is 0.830. The van der Waals surface area contributed by atoms with E-state index in [0.29, 0.717) is 18.7 Å². The molecule has 1 aromatic rings. The maximum absolute atomic E-state index is 12.5. The Morgan fingerprint density at radius 2 is 2.00 bits per heavy atom. The molecule has 2 heterocycles. The van der Waals surface area contributed by atoms with Gasteiger partial charge in [0.2, 0.25) is 5.91 Å². The highest BCUT2D eigenvalue weighted by Crippen LogP contribution is 2.33. The molecule has 130 valence electrons. The minimum Gasteiger partial charge on any atom is -0.479 e. The van der Waals surface area contributed by atoms with Crippen LogP contribution in [0.2, 0.25) is 0 Å². The van der Waals surface area contributed by atoms with E-state index in [1.807, 2.05) is 29.2 Å². The first-order valence-corrected chi connectivity index (χ1v) is 8.59. The van der Waals surface area contributed by atoms with E-state index in [-0.39, 0.29) is 11.8 Å². The number of hydrogen-bond donors (Lipinski definition) is 0.